The Kier molecular flexibility index (Phi) is 8.27. The minimum absolute atomic E-state index is 0.145. The molecule has 0 aromatic carbocycles. The molecule has 0 radical (unpaired) electrons. The quantitative estimate of drug-likeness (QED) is 0.272. The lowest BCUT2D eigenvalue weighted by molar-refractivity contribution is -0.144. The fraction of sp³-hybridized carbons (Fsp3) is 0.818. The van der Waals surface area contributed by atoms with Crippen LogP contribution in [-0.4, -0.2) is 40.8 Å². The summed E-state index contributed by atoms with van der Waals surface area (Å²) >= 11 is 0. The molecule has 0 aliphatic rings. The molecule has 0 heterocycles. The molecule has 0 unspecified atom stereocenters. The van der Waals surface area contributed by atoms with Crippen LogP contribution in [0.1, 0.15) is 33.1 Å². The highest BCUT2D eigenvalue weighted by Crippen LogP contribution is 2.03. The monoisotopic (exact) mass is 261 g/mol. The van der Waals surface area contributed by atoms with Crippen LogP contribution in [0.15, 0.2) is 0 Å². The van der Waals surface area contributed by atoms with Gasteiger partial charge in [0.1, 0.15) is 12.1 Å². The van der Waals surface area contributed by atoms with Gasteiger partial charge >= 0.3 is 11.9 Å². The lowest BCUT2D eigenvalue weighted by atomic mass is 10.1. The Bertz CT molecular complexity index is 271. The predicted molar refractivity (Wildman–Crippen MR) is 66.9 cm³/mol. The summed E-state index contributed by atoms with van der Waals surface area (Å²) in [4.78, 5) is 21.9. The summed E-state index contributed by atoms with van der Waals surface area (Å²) in [6, 6.07) is -1.63. The Morgan fingerprint density at radius 2 is 1.72 bits per heavy atom. The van der Waals surface area contributed by atoms with Crippen molar-refractivity contribution in [3.63, 3.8) is 0 Å². The molecule has 106 valence electrons. The van der Waals surface area contributed by atoms with Crippen molar-refractivity contribution in [3.8, 4) is 0 Å². The normalized spacial score (nSPS) is 14.4. The fourth-order valence-electron chi connectivity index (χ4n) is 1.45. The minimum Gasteiger partial charge on any atom is -0.480 e. The second kappa shape index (κ2) is 8.84. The SMILES string of the molecule is CC(C)[C@@H](NN[C@@H](CCCCN)C(=O)O)C(=O)O. The van der Waals surface area contributed by atoms with E-state index in [4.69, 9.17) is 15.9 Å². The maximum Gasteiger partial charge on any atom is 0.322 e. The summed E-state index contributed by atoms with van der Waals surface area (Å²) < 4.78 is 0. The van der Waals surface area contributed by atoms with Gasteiger partial charge in [-0.3, -0.25) is 9.59 Å². The summed E-state index contributed by atoms with van der Waals surface area (Å²) in [7, 11) is 0. The molecule has 0 amide bonds. The van der Waals surface area contributed by atoms with E-state index in [1.807, 2.05) is 0 Å². The summed E-state index contributed by atoms with van der Waals surface area (Å²) in [6.07, 6.45) is 1.84. The van der Waals surface area contributed by atoms with E-state index in [0.29, 0.717) is 19.4 Å². The maximum atomic E-state index is 11.0. The predicted octanol–water partition coefficient (Wildman–Crippen LogP) is -0.228. The highest BCUT2D eigenvalue weighted by molar-refractivity contribution is 5.74. The first-order chi connectivity index (χ1) is 8.40. The average molecular weight is 261 g/mol. The summed E-state index contributed by atoms with van der Waals surface area (Å²) in [5.74, 6) is -2.16. The number of aliphatic carboxylic acids is 2. The first-order valence-corrected chi connectivity index (χ1v) is 6.06. The molecule has 0 saturated heterocycles. The van der Waals surface area contributed by atoms with E-state index in [0.717, 1.165) is 6.42 Å². The van der Waals surface area contributed by atoms with Crippen LogP contribution in [0.3, 0.4) is 0 Å². The van der Waals surface area contributed by atoms with Crippen molar-refractivity contribution in [2.24, 2.45) is 11.7 Å². The molecule has 18 heavy (non-hydrogen) atoms. The summed E-state index contributed by atoms with van der Waals surface area (Å²) in [6.45, 7) is 4.01. The zero-order valence-electron chi connectivity index (χ0n) is 10.8. The number of unbranched alkanes of at least 4 members (excludes halogenated alkanes) is 1. The highest BCUT2D eigenvalue weighted by Gasteiger charge is 2.24. The number of rotatable bonds is 10. The van der Waals surface area contributed by atoms with Gasteiger partial charge in [-0.25, -0.2) is 10.9 Å². The van der Waals surface area contributed by atoms with Gasteiger partial charge in [-0.1, -0.05) is 13.8 Å². The van der Waals surface area contributed by atoms with Gasteiger partial charge in [0.25, 0.3) is 0 Å². The van der Waals surface area contributed by atoms with E-state index in [2.05, 4.69) is 10.9 Å². The standard InChI is InChI=1S/C11H23N3O4/c1-7(2)9(11(17)18)14-13-8(10(15)16)5-3-4-6-12/h7-9,13-14H,3-6,12H2,1-2H3,(H,15,16)(H,17,18)/t8-,9+/m0/s1. The van der Waals surface area contributed by atoms with E-state index >= 15 is 0 Å². The van der Waals surface area contributed by atoms with Crippen molar-refractivity contribution < 1.29 is 19.8 Å². The smallest absolute Gasteiger partial charge is 0.322 e. The molecule has 0 fully saturated rings. The minimum atomic E-state index is -1.01. The molecule has 7 heteroatoms. The fourth-order valence-corrected chi connectivity index (χ4v) is 1.45. The molecule has 0 saturated carbocycles. The Hall–Kier alpha value is -1.18. The van der Waals surface area contributed by atoms with Crippen LogP contribution in [0, 0.1) is 5.92 Å². The molecule has 6 N–H and O–H groups in total. The van der Waals surface area contributed by atoms with Crippen molar-refractivity contribution in [2.75, 3.05) is 6.54 Å². The lowest BCUT2D eigenvalue weighted by Crippen LogP contribution is -2.54. The van der Waals surface area contributed by atoms with Crippen molar-refractivity contribution in [1.82, 2.24) is 10.9 Å². The van der Waals surface area contributed by atoms with Crippen LogP contribution in [0.4, 0.5) is 0 Å². The zero-order valence-corrected chi connectivity index (χ0v) is 10.8. The molecule has 2 atom stereocenters. The second-order valence-electron chi connectivity index (χ2n) is 4.52. The number of hydrazine groups is 1. The Labute approximate surface area is 107 Å². The van der Waals surface area contributed by atoms with E-state index in [9.17, 15) is 9.59 Å². The Morgan fingerprint density at radius 1 is 1.11 bits per heavy atom. The van der Waals surface area contributed by atoms with Crippen LogP contribution in [0.2, 0.25) is 0 Å². The molecule has 0 rings (SSSR count). The number of nitrogens with two attached hydrogens (primary N) is 1. The van der Waals surface area contributed by atoms with Gasteiger partial charge in [-0.05, 0) is 31.7 Å². The van der Waals surface area contributed by atoms with Crippen LogP contribution in [-0.2, 0) is 9.59 Å². The number of carboxylic acids is 2. The van der Waals surface area contributed by atoms with Crippen LogP contribution < -0.4 is 16.6 Å². The van der Waals surface area contributed by atoms with Crippen molar-refractivity contribution >= 4 is 11.9 Å². The van der Waals surface area contributed by atoms with Gasteiger partial charge in [0, 0.05) is 0 Å². The molecule has 0 aliphatic carbocycles. The Balaban J connectivity index is 4.24. The van der Waals surface area contributed by atoms with E-state index in [1.54, 1.807) is 13.8 Å². The van der Waals surface area contributed by atoms with Crippen LogP contribution in [0.25, 0.3) is 0 Å². The van der Waals surface area contributed by atoms with Gasteiger partial charge in [-0.2, -0.15) is 0 Å². The molecule has 0 aliphatic heterocycles. The molecule has 0 bridgehead atoms. The first-order valence-electron chi connectivity index (χ1n) is 6.06. The molecule has 0 spiro atoms. The topological polar surface area (TPSA) is 125 Å². The maximum absolute atomic E-state index is 11.0. The number of hydrogen-bond acceptors (Lipinski definition) is 5. The molecule has 0 aromatic heterocycles. The van der Waals surface area contributed by atoms with Gasteiger partial charge in [0.15, 0.2) is 0 Å². The van der Waals surface area contributed by atoms with Crippen LogP contribution in [0.5, 0.6) is 0 Å². The van der Waals surface area contributed by atoms with Crippen molar-refractivity contribution in [3.05, 3.63) is 0 Å². The van der Waals surface area contributed by atoms with Gasteiger partial charge < -0.3 is 15.9 Å². The second-order valence-corrected chi connectivity index (χ2v) is 4.52. The van der Waals surface area contributed by atoms with Crippen LogP contribution >= 0.6 is 0 Å². The third-order valence-corrected chi connectivity index (χ3v) is 2.59. The third-order valence-electron chi connectivity index (χ3n) is 2.59. The average Bonchev–Trinajstić information content (AvgIpc) is 2.25. The van der Waals surface area contributed by atoms with Gasteiger partial charge in [-0.15, -0.1) is 0 Å². The lowest BCUT2D eigenvalue weighted by Gasteiger charge is -2.22. The molecular formula is C11H23N3O4. The Morgan fingerprint density at radius 3 is 2.11 bits per heavy atom. The summed E-state index contributed by atoms with van der Waals surface area (Å²) in [5.41, 5.74) is 10.5. The molecule has 7 nitrogen and oxygen atoms in total. The summed E-state index contributed by atoms with van der Waals surface area (Å²) in [5, 5.41) is 17.9. The van der Waals surface area contributed by atoms with E-state index in [1.165, 1.54) is 0 Å². The highest BCUT2D eigenvalue weighted by atomic mass is 16.4. The van der Waals surface area contributed by atoms with Crippen molar-refractivity contribution in [2.45, 2.75) is 45.2 Å². The zero-order chi connectivity index (χ0) is 14.1. The number of carbonyl (C=O) groups is 2. The van der Waals surface area contributed by atoms with E-state index < -0.39 is 24.0 Å². The van der Waals surface area contributed by atoms with Crippen molar-refractivity contribution in [1.29, 1.82) is 0 Å². The third kappa shape index (κ3) is 6.53. The first kappa shape index (κ1) is 16.8. The largest absolute Gasteiger partial charge is 0.480 e. The number of carboxylic acid groups (broad SMARTS) is 2. The van der Waals surface area contributed by atoms with Gasteiger partial charge in [0.2, 0.25) is 0 Å². The molecular weight excluding hydrogens is 238 g/mol. The number of nitrogens with one attached hydrogen (secondary N) is 2. The van der Waals surface area contributed by atoms with Gasteiger partial charge in [0.05, 0.1) is 0 Å². The number of hydrogen-bond donors (Lipinski definition) is 5. The van der Waals surface area contributed by atoms with E-state index in [-0.39, 0.29) is 5.92 Å². The molecule has 0 aromatic rings.